The predicted molar refractivity (Wildman–Crippen MR) is 91.1 cm³/mol. The van der Waals surface area contributed by atoms with E-state index in [4.69, 9.17) is 0 Å². The van der Waals surface area contributed by atoms with Gasteiger partial charge in [-0.25, -0.2) is 0 Å². The third-order valence-electron chi connectivity index (χ3n) is 4.60. The maximum absolute atomic E-state index is 3.65. The Morgan fingerprint density at radius 3 is 2.81 bits per heavy atom. The summed E-state index contributed by atoms with van der Waals surface area (Å²) in [4.78, 5) is 0. The standard InChI is InChI=1S/C20H25N/c1-15(2)17-9-6-11-19(13-17)21-14-18-10-5-8-16-7-3-4-12-20(16)18/h3-4,6-7,9,11-13,15,18,21H,5,8,10,14H2,1-2H3. The van der Waals surface area contributed by atoms with Crippen LogP contribution in [0, 0.1) is 0 Å². The molecule has 1 N–H and O–H groups in total. The number of rotatable bonds is 4. The number of fused-ring (bicyclic) bond motifs is 1. The molecular formula is C20H25N. The summed E-state index contributed by atoms with van der Waals surface area (Å²) in [7, 11) is 0. The van der Waals surface area contributed by atoms with Crippen LogP contribution < -0.4 is 5.32 Å². The van der Waals surface area contributed by atoms with Gasteiger partial charge in [-0.3, -0.25) is 0 Å². The summed E-state index contributed by atoms with van der Waals surface area (Å²) in [5, 5.41) is 3.65. The van der Waals surface area contributed by atoms with Crippen molar-refractivity contribution in [3.05, 3.63) is 65.2 Å². The Balaban J connectivity index is 1.70. The molecule has 0 aliphatic heterocycles. The van der Waals surface area contributed by atoms with Crippen LogP contribution in [0.5, 0.6) is 0 Å². The predicted octanol–water partition coefficient (Wildman–Crippen LogP) is 5.34. The van der Waals surface area contributed by atoms with Crippen LogP contribution in [0.1, 0.15) is 55.2 Å². The van der Waals surface area contributed by atoms with Crippen LogP contribution in [0.4, 0.5) is 5.69 Å². The highest BCUT2D eigenvalue weighted by molar-refractivity contribution is 5.47. The van der Waals surface area contributed by atoms with E-state index in [1.54, 1.807) is 11.1 Å². The molecule has 110 valence electrons. The van der Waals surface area contributed by atoms with Gasteiger partial charge < -0.3 is 5.32 Å². The minimum Gasteiger partial charge on any atom is -0.384 e. The summed E-state index contributed by atoms with van der Waals surface area (Å²) >= 11 is 0. The average molecular weight is 279 g/mol. The van der Waals surface area contributed by atoms with Crippen LogP contribution in [0.25, 0.3) is 0 Å². The summed E-state index contributed by atoms with van der Waals surface area (Å²) in [6.07, 6.45) is 3.86. The molecule has 0 saturated heterocycles. The molecule has 2 aromatic carbocycles. The van der Waals surface area contributed by atoms with Gasteiger partial charge in [0.05, 0.1) is 0 Å². The lowest BCUT2D eigenvalue weighted by atomic mass is 9.83. The maximum Gasteiger partial charge on any atom is 0.0343 e. The molecular weight excluding hydrogens is 254 g/mol. The third-order valence-corrected chi connectivity index (χ3v) is 4.60. The molecule has 1 aliphatic rings. The summed E-state index contributed by atoms with van der Waals surface area (Å²) in [6.45, 7) is 5.53. The molecule has 0 bridgehead atoms. The topological polar surface area (TPSA) is 12.0 Å². The van der Waals surface area contributed by atoms with E-state index in [9.17, 15) is 0 Å². The first-order valence-corrected chi connectivity index (χ1v) is 8.15. The van der Waals surface area contributed by atoms with Gasteiger partial charge >= 0.3 is 0 Å². The molecule has 0 saturated carbocycles. The molecule has 3 rings (SSSR count). The quantitative estimate of drug-likeness (QED) is 0.796. The van der Waals surface area contributed by atoms with E-state index < -0.39 is 0 Å². The van der Waals surface area contributed by atoms with E-state index in [-0.39, 0.29) is 0 Å². The van der Waals surface area contributed by atoms with Crippen molar-refractivity contribution < 1.29 is 0 Å². The van der Waals surface area contributed by atoms with E-state index in [0.29, 0.717) is 11.8 Å². The summed E-state index contributed by atoms with van der Waals surface area (Å²) < 4.78 is 0. The Kier molecular flexibility index (Phi) is 4.28. The monoisotopic (exact) mass is 279 g/mol. The minimum absolute atomic E-state index is 0.585. The Labute approximate surface area is 128 Å². The van der Waals surface area contributed by atoms with Crippen molar-refractivity contribution in [3.8, 4) is 0 Å². The van der Waals surface area contributed by atoms with Crippen molar-refractivity contribution in [2.24, 2.45) is 0 Å². The average Bonchev–Trinajstić information content (AvgIpc) is 2.53. The molecule has 0 amide bonds. The first-order valence-electron chi connectivity index (χ1n) is 8.15. The fraction of sp³-hybridized carbons (Fsp3) is 0.400. The molecule has 1 heteroatoms. The molecule has 1 aliphatic carbocycles. The van der Waals surface area contributed by atoms with Crippen LogP contribution in [0.3, 0.4) is 0 Å². The van der Waals surface area contributed by atoms with Gasteiger partial charge in [0.25, 0.3) is 0 Å². The summed E-state index contributed by atoms with van der Waals surface area (Å²) in [6, 6.07) is 17.8. The zero-order chi connectivity index (χ0) is 14.7. The Morgan fingerprint density at radius 1 is 1.10 bits per heavy atom. The second kappa shape index (κ2) is 6.34. The first-order chi connectivity index (χ1) is 10.2. The lowest BCUT2D eigenvalue weighted by Gasteiger charge is -2.26. The van der Waals surface area contributed by atoms with Gasteiger partial charge in [-0.2, -0.15) is 0 Å². The molecule has 0 radical (unpaired) electrons. The summed E-state index contributed by atoms with van der Waals surface area (Å²) in [5.41, 5.74) is 5.76. The number of hydrogen-bond donors (Lipinski definition) is 1. The molecule has 2 aromatic rings. The number of hydrogen-bond acceptors (Lipinski definition) is 1. The van der Waals surface area contributed by atoms with Crippen molar-refractivity contribution in [1.29, 1.82) is 0 Å². The number of benzene rings is 2. The Morgan fingerprint density at radius 2 is 1.95 bits per heavy atom. The number of anilines is 1. The van der Waals surface area contributed by atoms with Crippen molar-refractivity contribution in [2.45, 2.75) is 44.9 Å². The van der Waals surface area contributed by atoms with Crippen molar-refractivity contribution in [3.63, 3.8) is 0 Å². The van der Waals surface area contributed by atoms with Gasteiger partial charge in [-0.1, -0.05) is 50.2 Å². The highest BCUT2D eigenvalue weighted by Gasteiger charge is 2.19. The first kappa shape index (κ1) is 14.2. The van der Waals surface area contributed by atoms with Crippen LogP contribution in [0.2, 0.25) is 0 Å². The Hall–Kier alpha value is -1.76. The van der Waals surface area contributed by atoms with Gasteiger partial charge in [0, 0.05) is 18.2 Å². The van der Waals surface area contributed by atoms with Crippen molar-refractivity contribution in [2.75, 3.05) is 11.9 Å². The molecule has 1 nitrogen and oxygen atoms in total. The lowest BCUT2D eigenvalue weighted by molar-refractivity contribution is 0.572. The molecule has 0 aromatic heterocycles. The Bertz CT molecular complexity index is 600. The molecule has 0 heterocycles. The SMILES string of the molecule is CC(C)c1cccc(NCC2CCCc3ccccc32)c1. The summed E-state index contributed by atoms with van der Waals surface area (Å²) in [5.74, 6) is 1.24. The zero-order valence-corrected chi connectivity index (χ0v) is 13.1. The van der Waals surface area contributed by atoms with Crippen LogP contribution in [-0.2, 0) is 6.42 Å². The van der Waals surface area contributed by atoms with E-state index in [1.165, 1.54) is 30.5 Å². The number of aryl methyl sites for hydroxylation is 1. The zero-order valence-electron chi connectivity index (χ0n) is 13.1. The highest BCUT2D eigenvalue weighted by atomic mass is 14.9. The lowest BCUT2D eigenvalue weighted by Crippen LogP contribution is -2.18. The van der Waals surface area contributed by atoms with Gasteiger partial charge in [0.2, 0.25) is 0 Å². The van der Waals surface area contributed by atoms with Crippen LogP contribution in [0.15, 0.2) is 48.5 Å². The minimum atomic E-state index is 0.585. The fourth-order valence-electron chi connectivity index (χ4n) is 3.32. The third kappa shape index (κ3) is 3.29. The molecule has 0 spiro atoms. The molecule has 0 fully saturated rings. The number of nitrogens with one attached hydrogen (secondary N) is 1. The van der Waals surface area contributed by atoms with Crippen LogP contribution >= 0.6 is 0 Å². The van der Waals surface area contributed by atoms with Gasteiger partial charge in [0.15, 0.2) is 0 Å². The van der Waals surface area contributed by atoms with E-state index in [1.807, 2.05) is 0 Å². The largest absolute Gasteiger partial charge is 0.384 e. The van der Waals surface area contributed by atoms with Gasteiger partial charge in [-0.05, 0) is 54.0 Å². The maximum atomic E-state index is 3.65. The van der Waals surface area contributed by atoms with Gasteiger partial charge in [0.1, 0.15) is 0 Å². The van der Waals surface area contributed by atoms with E-state index >= 15 is 0 Å². The normalized spacial score (nSPS) is 17.6. The van der Waals surface area contributed by atoms with Crippen molar-refractivity contribution in [1.82, 2.24) is 0 Å². The van der Waals surface area contributed by atoms with E-state index in [2.05, 4.69) is 67.7 Å². The highest BCUT2D eigenvalue weighted by Crippen LogP contribution is 2.31. The van der Waals surface area contributed by atoms with E-state index in [0.717, 1.165) is 6.54 Å². The second-order valence-electron chi connectivity index (χ2n) is 6.45. The molecule has 1 unspecified atom stereocenters. The molecule has 1 atom stereocenters. The van der Waals surface area contributed by atoms with Crippen molar-refractivity contribution >= 4 is 5.69 Å². The fourth-order valence-corrected chi connectivity index (χ4v) is 3.32. The smallest absolute Gasteiger partial charge is 0.0343 e. The second-order valence-corrected chi connectivity index (χ2v) is 6.45. The van der Waals surface area contributed by atoms with Crippen LogP contribution in [-0.4, -0.2) is 6.54 Å². The van der Waals surface area contributed by atoms with Gasteiger partial charge in [-0.15, -0.1) is 0 Å². The molecule has 21 heavy (non-hydrogen) atoms.